The fourth-order valence-corrected chi connectivity index (χ4v) is 3.20. The summed E-state index contributed by atoms with van der Waals surface area (Å²) < 4.78 is 5.73. The van der Waals surface area contributed by atoms with Crippen LogP contribution in [0.3, 0.4) is 0 Å². The predicted octanol–water partition coefficient (Wildman–Crippen LogP) is 4.60. The molecule has 0 amide bonds. The molecule has 0 saturated heterocycles. The van der Waals surface area contributed by atoms with Crippen molar-refractivity contribution in [3.63, 3.8) is 0 Å². The van der Waals surface area contributed by atoms with E-state index in [1.807, 2.05) is 25.3 Å². The Morgan fingerprint density at radius 3 is 2.63 bits per heavy atom. The van der Waals surface area contributed by atoms with E-state index in [0.29, 0.717) is 10.0 Å². The second kappa shape index (κ2) is 6.45. The van der Waals surface area contributed by atoms with Crippen molar-refractivity contribution in [3.05, 3.63) is 33.8 Å². The van der Waals surface area contributed by atoms with Crippen LogP contribution in [0.2, 0.25) is 10.0 Å². The van der Waals surface area contributed by atoms with Gasteiger partial charge in [0, 0.05) is 13.2 Å². The highest BCUT2D eigenvalue weighted by Gasteiger charge is 2.39. The van der Waals surface area contributed by atoms with Crippen LogP contribution in [0.25, 0.3) is 0 Å². The van der Waals surface area contributed by atoms with Gasteiger partial charge in [0.05, 0.1) is 15.6 Å². The Labute approximate surface area is 125 Å². The molecule has 0 aromatic heterocycles. The number of hydrogen-bond acceptors (Lipinski definition) is 2. The van der Waals surface area contributed by atoms with Gasteiger partial charge in [-0.25, -0.2) is 0 Å². The molecular formula is C15H21Cl2NO. The molecule has 19 heavy (non-hydrogen) atoms. The molecule has 106 valence electrons. The molecule has 1 unspecified atom stereocenters. The number of halogens is 2. The van der Waals surface area contributed by atoms with Gasteiger partial charge in [0.1, 0.15) is 0 Å². The SMILES string of the molecule is CCNC(CC1(OC)CCC1)c1cccc(Cl)c1Cl. The Kier molecular flexibility index (Phi) is 5.13. The number of benzene rings is 1. The summed E-state index contributed by atoms with van der Waals surface area (Å²) in [7, 11) is 1.81. The molecule has 0 heterocycles. The van der Waals surface area contributed by atoms with Crippen LogP contribution in [0, 0.1) is 0 Å². The van der Waals surface area contributed by atoms with Gasteiger partial charge in [0.25, 0.3) is 0 Å². The van der Waals surface area contributed by atoms with E-state index in [2.05, 4.69) is 12.2 Å². The quantitative estimate of drug-likeness (QED) is 0.829. The lowest BCUT2D eigenvalue weighted by atomic mass is 9.74. The molecule has 0 aliphatic heterocycles. The Morgan fingerprint density at radius 1 is 1.37 bits per heavy atom. The van der Waals surface area contributed by atoms with Gasteiger partial charge >= 0.3 is 0 Å². The van der Waals surface area contributed by atoms with Crippen LogP contribution in [0.5, 0.6) is 0 Å². The summed E-state index contributed by atoms with van der Waals surface area (Å²) in [6.45, 7) is 3.00. The van der Waals surface area contributed by atoms with Crippen LogP contribution < -0.4 is 5.32 Å². The molecule has 1 fully saturated rings. The van der Waals surface area contributed by atoms with E-state index >= 15 is 0 Å². The van der Waals surface area contributed by atoms with Gasteiger partial charge in [-0.05, 0) is 43.9 Å². The molecule has 1 aliphatic carbocycles. The van der Waals surface area contributed by atoms with Crippen molar-refractivity contribution in [2.75, 3.05) is 13.7 Å². The van der Waals surface area contributed by atoms with Gasteiger partial charge in [0.15, 0.2) is 0 Å². The highest BCUT2D eigenvalue weighted by Crippen LogP contribution is 2.43. The van der Waals surface area contributed by atoms with E-state index in [9.17, 15) is 0 Å². The molecule has 1 aromatic carbocycles. The van der Waals surface area contributed by atoms with Crippen LogP contribution in [0.1, 0.15) is 44.2 Å². The maximum Gasteiger partial charge on any atom is 0.0697 e. The minimum absolute atomic E-state index is 0.0124. The standard InChI is InChI=1S/C15H21Cl2NO/c1-3-18-13(10-15(19-2)8-5-9-15)11-6-4-7-12(16)14(11)17/h4,6-7,13,18H,3,5,8-10H2,1-2H3. The average molecular weight is 302 g/mol. The molecule has 1 saturated carbocycles. The maximum absolute atomic E-state index is 6.34. The van der Waals surface area contributed by atoms with E-state index in [1.165, 1.54) is 6.42 Å². The molecule has 1 N–H and O–H groups in total. The van der Waals surface area contributed by atoms with E-state index < -0.39 is 0 Å². The van der Waals surface area contributed by atoms with Gasteiger partial charge in [-0.15, -0.1) is 0 Å². The number of nitrogens with one attached hydrogen (secondary N) is 1. The largest absolute Gasteiger partial charge is 0.378 e. The van der Waals surface area contributed by atoms with Crippen LogP contribution >= 0.6 is 23.2 Å². The van der Waals surface area contributed by atoms with Crippen molar-refractivity contribution in [1.29, 1.82) is 0 Å². The first-order valence-electron chi connectivity index (χ1n) is 6.84. The zero-order valence-electron chi connectivity index (χ0n) is 11.5. The first-order chi connectivity index (χ1) is 9.12. The first kappa shape index (κ1) is 15.1. The van der Waals surface area contributed by atoms with Crippen molar-refractivity contribution in [2.24, 2.45) is 0 Å². The smallest absolute Gasteiger partial charge is 0.0697 e. The minimum Gasteiger partial charge on any atom is -0.378 e. The summed E-state index contributed by atoms with van der Waals surface area (Å²) in [5, 5.41) is 4.77. The van der Waals surface area contributed by atoms with Crippen LogP contribution in [0.4, 0.5) is 0 Å². The topological polar surface area (TPSA) is 21.3 Å². The summed E-state index contributed by atoms with van der Waals surface area (Å²) in [6.07, 6.45) is 4.44. The Hall–Kier alpha value is -0.280. The van der Waals surface area contributed by atoms with E-state index in [4.69, 9.17) is 27.9 Å². The molecule has 4 heteroatoms. The van der Waals surface area contributed by atoms with Crippen molar-refractivity contribution in [3.8, 4) is 0 Å². The fourth-order valence-electron chi connectivity index (χ4n) is 2.76. The van der Waals surface area contributed by atoms with Gasteiger partial charge in [-0.2, -0.15) is 0 Å². The maximum atomic E-state index is 6.34. The third-order valence-electron chi connectivity index (χ3n) is 4.08. The van der Waals surface area contributed by atoms with Crippen molar-refractivity contribution in [2.45, 2.75) is 44.2 Å². The van der Waals surface area contributed by atoms with Crippen molar-refractivity contribution in [1.82, 2.24) is 5.32 Å². The normalized spacial score (nSPS) is 18.9. The molecular weight excluding hydrogens is 281 g/mol. The van der Waals surface area contributed by atoms with Gasteiger partial charge in [-0.3, -0.25) is 0 Å². The summed E-state index contributed by atoms with van der Waals surface area (Å²) in [5.74, 6) is 0. The number of ether oxygens (including phenoxy) is 1. The van der Waals surface area contributed by atoms with Crippen LogP contribution in [-0.2, 0) is 4.74 Å². The molecule has 1 atom stereocenters. The minimum atomic E-state index is 0.0124. The van der Waals surface area contributed by atoms with Crippen LogP contribution in [0.15, 0.2) is 18.2 Å². The lowest BCUT2D eigenvalue weighted by Crippen LogP contribution is -2.43. The highest BCUT2D eigenvalue weighted by atomic mass is 35.5. The lowest BCUT2D eigenvalue weighted by Gasteiger charge is -2.43. The third-order valence-corrected chi connectivity index (χ3v) is 4.91. The summed E-state index contributed by atoms with van der Waals surface area (Å²) in [6, 6.07) is 6.01. The number of rotatable bonds is 6. The summed E-state index contributed by atoms with van der Waals surface area (Å²) in [5.41, 5.74) is 1.08. The molecule has 0 spiro atoms. The molecule has 1 aromatic rings. The van der Waals surface area contributed by atoms with E-state index in [0.717, 1.165) is 31.4 Å². The van der Waals surface area contributed by atoms with Crippen molar-refractivity contribution < 1.29 is 4.74 Å². The zero-order valence-corrected chi connectivity index (χ0v) is 13.0. The summed E-state index contributed by atoms with van der Waals surface area (Å²) in [4.78, 5) is 0. The van der Waals surface area contributed by atoms with Crippen molar-refractivity contribution >= 4 is 23.2 Å². The first-order valence-corrected chi connectivity index (χ1v) is 7.60. The summed E-state index contributed by atoms with van der Waals surface area (Å²) >= 11 is 12.5. The monoisotopic (exact) mass is 301 g/mol. The molecule has 2 nitrogen and oxygen atoms in total. The molecule has 2 rings (SSSR count). The zero-order chi connectivity index (χ0) is 13.9. The van der Waals surface area contributed by atoms with E-state index in [1.54, 1.807) is 0 Å². The van der Waals surface area contributed by atoms with Gasteiger partial charge in [-0.1, -0.05) is 42.3 Å². The molecule has 0 bridgehead atoms. The molecule has 0 radical (unpaired) electrons. The van der Waals surface area contributed by atoms with Gasteiger partial charge < -0.3 is 10.1 Å². The lowest BCUT2D eigenvalue weighted by molar-refractivity contribution is -0.0837. The van der Waals surface area contributed by atoms with E-state index in [-0.39, 0.29) is 11.6 Å². The second-order valence-electron chi connectivity index (χ2n) is 5.20. The average Bonchev–Trinajstić information content (AvgIpc) is 2.36. The Balaban J connectivity index is 2.22. The van der Waals surface area contributed by atoms with Crippen LogP contribution in [-0.4, -0.2) is 19.3 Å². The Morgan fingerprint density at radius 2 is 2.11 bits per heavy atom. The second-order valence-corrected chi connectivity index (χ2v) is 5.98. The third kappa shape index (κ3) is 3.25. The number of methoxy groups -OCH3 is 1. The fraction of sp³-hybridized carbons (Fsp3) is 0.600. The van der Waals surface area contributed by atoms with Gasteiger partial charge in [0.2, 0.25) is 0 Å². The Bertz CT molecular complexity index is 427. The number of hydrogen-bond donors (Lipinski definition) is 1. The highest BCUT2D eigenvalue weighted by molar-refractivity contribution is 6.42. The molecule has 1 aliphatic rings. The predicted molar refractivity (Wildman–Crippen MR) is 81.1 cm³/mol.